The van der Waals surface area contributed by atoms with Crippen molar-refractivity contribution in [3.8, 4) is 6.07 Å². The quantitative estimate of drug-likeness (QED) is 0.454. The Morgan fingerprint density at radius 1 is 1.26 bits per heavy atom. The van der Waals surface area contributed by atoms with Gasteiger partial charge in [0.25, 0.3) is 5.69 Å². The van der Waals surface area contributed by atoms with Crippen LogP contribution in [-0.2, 0) is 16.1 Å². The second kappa shape index (κ2) is 8.29. The predicted molar refractivity (Wildman–Crippen MR) is 96.4 cm³/mol. The average Bonchev–Trinajstić information content (AvgIpc) is 2.72. The summed E-state index contributed by atoms with van der Waals surface area (Å²) in [5.41, 5.74) is 1.56. The Labute approximate surface area is 155 Å². The highest BCUT2D eigenvalue weighted by Gasteiger charge is 2.23. The number of nitriles is 1. The zero-order valence-corrected chi connectivity index (χ0v) is 14.5. The topological polar surface area (TPSA) is 106 Å². The molecule has 2 aromatic rings. The van der Waals surface area contributed by atoms with E-state index in [1.807, 2.05) is 11.0 Å². The van der Waals surface area contributed by atoms with Gasteiger partial charge in [0.1, 0.15) is 12.3 Å². The highest BCUT2D eigenvalue weighted by Crippen LogP contribution is 2.30. The van der Waals surface area contributed by atoms with Crippen molar-refractivity contribution in [1.82, 2.24) is 0 Å². The molecule has 8 heteroatoms. The molecule has 0 N–H and O–H groups in total. The molecule has 27 heavy (non-hydrogen) atoms. The summed E-state index contributed by atoms with van der Waals surface area (Å²) in [5, 5.41) is 20.4. The molecule has 0 bridgehead atoms. The number of carbonyl (C=O) groups excluding carboxylic acids is 1. The molecule has 2 aromatic carbocycles. The fourth-order valence-electron chi connectivity index (χ4n) is 2.83. The van der Waals surface area contributed by atoms with Crippen molar-refractivity contribution in [2.45, 2.75) is 6.61 Å². The molecule has 0 radical (unpaired) electrons. The van der Waals surface area contributed by atoms with Gasteiger partial charge in [-0.1, -0.05) is 12.1 Å². The molecule has 0 atom stereocenters. The molecule has 0 amide bonds. The number of hydrogen-bond donors (Lipinski definition) is 0. The largest absolute Gasteiger partial charge is 0.457 e. The number of nitrogens with zero attached hydrogens (tertiary/aromatic N) is 3. The highest BCUT2D eigenvalue weighted by atomic mass is 16.6. The average molecular weight is 367 g/mol. The van der Waals surface area contributed by atoms with Gasteiger partial charge in [-0.15, -0.1) is 0 Å². The van der Waals surface area contributed by atoms with Crippen molar-refractivity contribution in [3.05, 3.63) is 69.3 Å². The lowest BCUT2D eigenvalue weighted by Crippen LogP contribution is -2.36. The van der Waals surface area contributed by atoms with Crippen LogP contribution >= 0.6 is 0 Å². The van der Waals surface area contributed by atoms with E-state index in [1.54, 1.807) is 30.3 Å². The summed E-state index contributed by atoms with van der Waals surface area (Å²) in [4.78, 5) is 25.1. The van der Waals surface area contributed by atoms with Gasteiger partial charge in [-0.05, 0) is 29.8 Å². The fourth-order valence-corrected chi connectivity index (χ4v) is 2.83. The third kappa shape index (κ3) is 4.40. The molecule has 0 saturated carbocycles. The number of benzene rings is 2. The minimum atomic E-state index is -0.658. The molecule has 0 aliphatic carbocycles. The van der Waals surface area contributed by atoms with Crippen LogP contribution < -0.4 is 4.90 Å². The van der Waals surface area contributed by atoms with Crippen LogP contribution in [0.2, 0.25) is 0 Å². The number of anilines is 1. The first kappa shape index (κ1) is 18.4. The smallest absolute Gasteiger partial charge is 0.338 e. The van der Waals surface area contributed by atoms with E-state index < -0.39 is 10.9 Å². The number of esters is 1. The van der Waals surface area contributed by atoms with Gasteiger partial charge in [0.2, 0.25) is 0 Å². The van der Waals surface area contributed by atoms with Gasteiger partial charge in [-0.2, -0.15) is 5.26 Å². The van der Waals surface area contributed by atoms with Gasteiger partial charge in [0.05, 0.1) is 35.3 Å². The lowest BCUT2D eigenvalue weighted by atomic mass is 10.1. The summed E-state index contributed by atoms with van der Waals surface area (Å²) < 4.78 is 10.5. The molecule has 138 valence electrons. The molecule has 0 spiro atoms. The first-order valence-corrected chi connectivity index (χ1v) is 8.36. The van der Waals surface area contributed by atoms with Crippen LogP contribution in [0, 0.1) is 21.4 Å². The molecule has 1 saturated heterocycles. The van der Waals surface area contributed by atoms with Crippen LogP contribution in [0.15, 0.2) is 42.5 Å². The van der Waals surface area contributed by atoms with E-state index in [-0.39, 0.29) is 17.9 Å². The zero-order valence-electron chi connectivity index (χ0n) is 14.5. The Bertz CT molecular complexity index is 900. The lowest BCUT2D eigenvalue weighted by molar-refractivity contribution is -0.384. The van der Waals surface area contributed by atoms with Gasteiger partial charge < -0.3 is 14.4 Å². The number of morpholine rings is 1. The van der Waals surface area contributed by atoms with Crippen molar-refractivity contribution in [3.63, 3.8) is 0 Å². The minimum Gasteiger partial charge on any atom is -0.457 e. The molecule has 8 nitrogen and oxygen atoms in total. The maximum absolute atomic E-state index is 12.3. The van der Waals surface area contributed by atoms with Crippen LogP contribution in [0.3, 0.4) is 0 Å². The summed E-state index contributed by atoms with van der Waals surface area (Å²) in [5.74, 6) is -0.658. The zero-order chi connectivity index (χ0) is 19.2. The van der Waals surface area contributed by atoms with Gasteiger partial charge in [0.15, 0.2) is 0 Å². The van der Waals surface area contributed by atoms with Crippen molar-refractivity contribution in [1.29, 1.82) is 5.26 Å². The predicted octanol–water partition coefficient (Wildman–Crippen LogP) is 2.66. The van der Waals surface area contributed by atoms with Crippen LogP contribution in [0.4, 0.5) is 11.4 Å². The van der Waals surface area contributed by atoms with E-state index in [0.717, 1.165) is 0 Å². The van der Waals surface area contributed by atoms with Crippen molar-refractivity contribution < 1.29 is 19.2 Å². The van der Waals surface area contributed by atoms with Crippen molar-refractivity contribution in [2.75, 3.05) is 31.2 Å². The fraction of sp³-hybridized carbons (Fsp3) is 0.263. The standard InChI is InChI=1S/C19H17N3O5/c20-12-14-2-1-3-15(10-14)13-27-19(23)16-4-5-17(18(11-16)22(24)25)21-6-8-26-9-7-21/h1-5,10-11H,6-9,13H2. The van der Waals surface area contributed by atoms with Crippen LogP contribution in [-0.4, -0.2) is 37.2 Å². The number of hydrogen-bond acceptors (Lipinski definition) is 7. The third-order valence-corrected chi connectivity index (χ3v) is 4.19. The molecule has 1 aliphatic heterocycles. The van der Waals surface area contributed by atoms with E-state index in [0.29, 0.717) is 43.1 Å². The van der Waals surface area contributed by atoms with Crippen LogP contribution in [0.5, 0.6) is 0 Å². The third-order valence-electron chi connectivity index (χ3n) is 4.19. The number of nitro groups is 1. The summed E-state index contributed by atoms with van der Waals surface area (Å²) >= 11 is 0. The summed E-state index contributed by atoms with van der Waals surface area (Å²) in [6.45, 7) is 2.10. The Kier molecular flexibility index (Phi) is 5.64. The normalized spacial score (nSPS) is 13.7. The van der Waals surface area contributed by atoms with E-state index >= 15 is 0 Å². The van der Waals surface area contributed by atoms with Crippen molar-refractivity contribution >= 4 is 17.3 Å². The molecule has 0 unspecified atom stereocenters. The van der Waals surface area contributed by atoms with Gasteiger partial charge in [-0.25, -0.2) is 4.79 Å². The lowest BCUT2D eigenvalue weighted by Gasteiger charge is -2.28. The molecule has 1 fully saturated rings. The molecular formula is C19H17N3O5. The second-order valence-corrected chi connectivity index (χ2v) is 5.95. The van der Waals surface area contributed by atoms with Crippen LogP contribution in [0.25, 0.3) is 0 Å². The molecule has 1 heterocycles. The van der Waals surface area contributed by atoms with E-state index in [9.17, 15) is 14.9 Å². The Balaban J connectivity index is 1.75. The SMILES string of the molecule is N#Cc1cccc(COC(=O)c2ccc(N3CCOCC3)c([N+](=O)[O-])c2)c1. The Hall–Kier alpha value is -3.44. The maximum atomic E-state index is 12.3. The van der Waals surface area contributed by atoms with Gasteiger partial charge in [-0.3, -0.25) is 10.1 Å². The first-order valence-electron chi connectivity index (χ1n) is 8.36. The summed E-state index contributed by atoms with van der Waals surface area (Å²) in [7, 11) is 0. The van der Waals surface area contributed by atoms with E-state index in [2.05, 4.69) is 0 Å². The molecule has 3 rings (SSSR count). The summed E-state index contributed by atoms with van der Waals surface area (Å²) in [6.07, 6.45) is 0. The number of ether oxygens (including phenoxy) is 2. The molecule has 1 aliphatic rings. The van der Waals surface area contributed by atoms with E-state index in [4.69, 9.17) is 14.7 Å². The van der Waals surface area contributed by atoms with E-state index in [1.165, 1.54) is 12.1 Å². The van der Waals surface area contributed by atoms with Crippen molar-refractivity contribution in [2.24, 2.45) is 0 Å². The van der Waals surface area contributed by atoms with Crippen LogP contribution in [0.1, 0.15) is 21.5 Å². The number of carbonyl (C=O) groups is 1. The Morgan fingerprint density at radius 2 is 2.04 bits per heavy atom. The van der Waals surface area contributed by atoms with Gasteiger partial charge >= 0.3 is 5.97 Å². The second-order valence-electron chi connectivity index (χ2n) is 5.95. The number of nitro benzene ring substituents is 1. The Morgan fingerprint density at radius 3 is 2.74 bits per heavy atom. The monoisotopic (exact) mass is 367 g/mol. The molecule has 0 aromatic heterocycles. The maximum Gasteiger partial charge on any atom is 0.338 e. The van der Waals surface area contributed by atoms with Gasteiger partial charge in [0, 0.05) is 19.2 Å². The minimum absolute atomic E-state index is 0.0205. The molecular weight excluding hydrogens is 350 g/mol. The first-order chi connectivity index (χ1) is 13.1. The highest BCUT2D eigenvalue weighted by molar-refractivity contribution is 5.91. The summed E-state index contributed by atoms with van der Waals surface area (Å²) in [6, 6.07) is 13.0. The number of rotatable bonds is 5.